The second-order valence-corrected chi connectivity index (χ2v) is 7.27. The van der Waals surface area contributed by atoms with Gasteiger partial charge >= 0.3 is 0 Å². The first-order chi connectivity index (χ1) is 14.8. The second-order valence-electron chi connectivity index (χ2n) is 6.83. The van der Waals surface area contributed by atoms with Crippen molar-refractivity contribution < 1.29 is 22.8 Å². The summed E-state index contributed by atoms with van der Waals surface area (Å²) in [5, 5.41) is 3.19. The van der Waals surface area contributed by atoms with Gasteiger partial charge in [-0.05, 0) is 47.5 Å². The first kappa shape index (κ1) is 20.7. The zero-order chi connectivity index (χ0) is 22.1. The SMILES string of the molecule is O=C1C(Nc2ccc(F)c(F)c2)=C(c2ccc(Cl)cc2)C(=O)N1Cc1ccc(F)cc1. The molecule has 0 aliphatic carbocycles. The van der Waals surface area contributed by atoms with Gasteiger partial charge in [0, 0.05) is 16.8 Å². The zero-order valence-corrected chi connectivity index (χ0v) is 16.6. The van der Waals surface area contributed by atoms with Gasteiger partial charge in [-0.1, -0.05) is 35.9 Å². The summed E-state index contributed by atoms with van der Waals surface area (Å²) in [6, 6.07) is 14.8. The van der Waals surface area contributed by atoms with Crippen LogP contribution in [0.3, 0.4) is 0 Å². The number of anilines is 1. The highest BCUT2D eigenvalue weighted by molar-refractivity contribution is 6.36. The quantitative estimate of drug-likeness (QED) is 0.556. The summed E-state index contributed by atoms with van der Waals surface area (Å²) >= 11 is 5.93. The number of rotatable bonds is 5. The van der Waals surface area contributed by atoms with E-state index in [4.69, 9.17) is 11.6 Å². The molecule has 4 nitrogen and oxygen atoms in total. The number of amides is 2. The normalized spacial score (nSPS) is 13.9. The Morgan fingerprint density at radius 2 is 1.48 bits per heavy atom. The van der Waals surface area contributed by atoms with E-state index in [0.717, 1.165) is 17.0 Å². The lowest BCUT2D eigenvalue weighted by Crippen LogP contribution is -2.32. The van der Waals surface area contributed by atoms with E-state index in [-0.39, 0.29) is 23.5 Å². The maximum Gasteiger partial charge on any atom is 0.278 e. The number of nitrogens with zero attached hydrogens (tertiary/aromatic N) is 1. The number of halogens is 4. The van der Waals surface area contributed by atoms with Crippen LogP contribution in [0.4, 0.5) is 18.9 Å². The average Bonchev–Trinajstić information content (AvgIpc) is 2.97. The number of nitrogens with one attached hydrogen (secondary N) is 1. The fraction of sp³-hybridized carbons (Fsp3) is 0.0435. The van der Waals surface area contributed by atoms with Crippen LogP contribution >= 0.6 is 11.6 Å². The first-order valence-corrected chi connectivity index (χ1v) is 9.54. The maximum atomic E-state index is 13.6. The van der Waals surface area contributed by atoms with Gasteiger partial charge in [-0.15, -0.1) is 0 Å². The van der Waals surface area contributed by atoms with Crippen LogP contribution in [0.5, 0.6) is 0 Å². The van der Waals surface area contributed by atoms with Gasteiger partial charge in [0.25, 0.3) is 11.8 Å². The van der Waals surface area contributed by atoms with Crippen molar-refractivity contribution in [2.75, 3.05) is 5.32 Å². The van der Waals surface area contributed by atoms with E-state index in [2.05, 4.69) is 5.32 Å². The smallest absolute Gasteiger partial charge is 0.278 e. The fourth-order valence-corrected chi connectivity index (χ4v) is 3.34. The maximum absolute atomic E-state index is 13.6. The lowest BCUT2D eigenvalue weighted by Gasteiger charge is -2.15. The molecule has 0 aromatic heterocycles. The average molecular weight is 443 g/mol. The molecular weight excluding hydrogens is 429 g/mol. The van der Waals surface area contributed by atoms with Crippen molar-refractivity contribution in [2.24, 2.45) is 0 Å². The zero-order valence-electron chi connectivity index (χ0n) is 15.8. The van der Waals surface area contributed by atoms with Crippen LogP contribution in [0.25, 0.3) is 5.57 Å². The Kier molecular flexibility index (Phi) is 5.52. The molecule has 156 valence electrons. The van der Waals surface area contributed by atoms with E-state index in [1.165, 1.54) is 30.3 Å². The number of imide groups is 1. The molecule has 0 bridgehead atoms. The first-order valence-electron chi connectivity index (χ1n) is 9.16. The van der Waals surface area contributed by atoms with Gasteiger partial charge in [-0.2, -0.15) is 0 Å². The summed E-state index contributed by atoms with van der Waals surface area (Å²) in [6.07, 6.45) is 0. The number of hydrogen-bond donors (Lipinski definition) is 1. The van der Waals surface area contributed by atoms with Crippen molar-refractivity contribution in [3.8, 4) is 0 Å². The van der Waals surface area contributed by atoms with Gasteiger partial charge in [0.2, 0.25) is 0 Å². The van der Waals surface area contributed by atoms with Crippen LogP contribution in [-0.4, -0.2) is 16.7 Å². The van der Waals surface area contributed by atoms with Crippen LogP contribution in [0.1, 0.15) is 11.1 Å². The molecule has 1 aliphatic heterocycles. The molecule has 31 heavy (non-hydrogen) atoms. The molecule has 1 aliphatic rings. The molecule has 0 radical (unpaired) electrons. The molecule has 8 heteroatoms. The molecule has 0 fully saturated rings. The molecule has 0 saturated carbocycles. The van der Waals surface area contributed by atoms with Gasteiger partial charge in [0.1, 0.15) is 11.5 Å². The van der Waals surface area contributed by atoms with Gasteiger partial charge in [-0.25, -0.2) is 13.2 Å². The Morgan fingerprint density at radius 1 is 0.806 bits per heavy atom. The minimum Gasteiger partial charge on any atom is -0.350 e. The van der Waals surface area contributed by atoms with Gasteiger partial charge in [0.15, 0.2) is 11.6 Å². The molecule has 3 aromatic rings. The topological polar surface area (TPSA) is 49.4 Å². The van der Waals surface area contributed by atoms with Gasteiger partial charge < -0.3 is 5.32 Å². The van der Waals surface area contributed by atoms with Crippen LogP contribution in [0, 0.1) is 17.5 Å². The summed E-state index contributed by atoms with van der Waals surface area (Å²) in [5.41, 5.74) is 1.06. The molecular formula is C23H14ClF3N2O2. The van der Waals surface area contributed by atoms with Crippen LogP contribution in [0.15, 0.2) is 72.4 Å². The third-order valence-corrected chi connectivity index (χ3v) is 5.00. The largest absolute Gasteiger partial charge is 0.350 e. The Labute approximate surface area is 180 Å². The van der Waals surface area contributed by atoms with E-state index in [0.29, 0.717) is 16.1 Å². The highest BCUT2D eigenvalue weighted by Crippen LogP contribution is 2.32. The Bertz CT molecular complexity index is 1210. The fourth-order valence-electron chi connectivity index (χ4n) is 3.21. The van der Waals surface area contributed by atoms with E-state index in [9.17, 15) is 22.8 Å². The van der Waals surface area contributed by atoms with Crippen LogP contribution in [-0.2, 0) is 16.1 Å². The molecule has 4 rings (SSSR count). The molecule has 0 saturated heterocycles. The molecule has 2 amide bonds. The van der Waals surface area contributed by atoms with Crippen molar-refractivity contribution in [1.82, 2.24) is 4.90 Å². The molecule has 0 spiro atoms. The summed E-state index contributed by atoms with van der Waals surface area (Å²) in [5.74, 6) is -3.81. The van der Waals surface area contributed by atoms with Crippen molar-refractivity contribution in [3.05, 3.63) is 106 Å². The predicted molar refractivity (Wildman–Crippen MR) is 110 cm³/mol. The number of benzene rings is 3. The molecule has 0 unspecified atom stereocenters. The second kappa shape index (κ2) is 8.28. The number of carbonyl (C=O) groups excluding carboxylic acids is 2. The molecule has 3 aromatic carbocycles. The van der Waals surface area contributed by atoms with Crippen molar-refractivity contribution in [1.29, 1.82) is 0 Å². The van der Waals surface area contributed by atoms with Gasteiger partial charge in [0.05, 0.1) is 12.1 Å². The van der Waals surface area contributed by atoms with E-state index >= 15 is 0 Å². The Hall–Kier alpha value is -3.58. The van der Waals surface area contributed by atoms with Crippen LogP contribution in [0.2, 0.25) is 5.02 Å². The standard InChI is InChI=1S/C23H14ClF3N2O2/c24-15-5-3-14(4-6-15)20-21(28-17-9-10-18(26)19(27)11-17)23(31)29(22(20)30)12-13-1-7-16(25)8-2-13/h1-11,28H,12H2. The highest BCUT2D eigenvalue weighted by atomic mass is 35.5. The van der Waals surface area contributed by atoms with Gasteiger partial charge in [-0.3, -0.25) is 14.5 Å². The molecule has 0 atom stereocenters. The van der Waals surface area contributed by atoms with E-state index in [1.54, 1.807) is 24.3 Å². The third-order valence-electron chi connectivity index (χ3n) is 4.74. The molecule has 1 heterocycles. The van der Waals surface area contributed by atoms with E-state index in [1.807, 2.05) is 0 Å². The third kappa shape index (κ3) is 4.18. The predicted octanol–water partition coefficient (Wildman–Crippen LogP) is 5.15. The highest BCUT2D eigenvalue weighted by Gasteiger charge is 2.39. The lowest BCUT2D eigenvalue weighted by atomic mass is 10.0. The minimum atomic E-state index is -1.10. The number of carbonyl (C=O) groups is 2. The number of hydrogen-bond acceptors (Lipinski definition) is 3. The summed E-state index contributed by atoms with van der Waals surface area (Å²) in [6.45, 7) is -0.0853. The summed E-state index contributed by atoms with van der Waals surface area (Å²) < 4.78 is 40.1. The van der Waals surface area contributed by atoms with Crippen molar-refractivity contribution in [3.63, 3.8) is 0 Å². The monoisotopic (exact) mass is 442 g/mol. The lowest BCUT2D eigenvalue weighted by molar-refractivity contribution is -0.137. The minimum absolute atomic E-state index is 0.0634. The Morgan fingerprint density at radius 3 is 2.13 bits per heavy atom. The van der Waals surface area contributed by atoms with Crippen molar-refractivity contribution >= 4 is 34.7 Å². The van der Waals surface area contributed by atoms with Crippen molar-refractivity contribution in [2.45, 2.75) is 6.54 Å². The Balaban J connectivity index is 1.74. The summed E-state index contributed by atoms with van der Waals surface area (Å²) in [7, 11) is 0. The molecule has 1 N–H and O–H groups in total. The summed E-state index contributed by atoms with van der Waals surface area (Å²) in [4.78, 5) is 27.3. The van der Waals surface area contributed by atoms with E-state index < -0.39 is 29.3 Å². The van der Waals surface area contributed by atoms with Crippen LogP contribution < -0.4 is 5.32 Å².